The molecule has 0 unspecified atom stereocenters. The summed E-state index contributed by atoms with van der Waals surface area (Å²) in [6.45, 7) is 2.01. The van der Waals surface area contributed by atoms with Gasteiger partial charge in [0.05, 0.1) is 0 Å². The molecule has 3 nitrogen and oxygen atoms in total. The molecule has 1 amide bonds. The van der Waals surface area contributed by atoms with E-state index in [1.807, 2.05) is 31.2 Å². The average Bonchev–Trinajstić information content (AvgIpc) is 2.99. The first-order valence-electron chi connectivity index (χ1n) is 8.16. The Kier molecular flexibility index (Phi) is 5.73. The predicted molar refractivity (Wildman–Crippen MR) is 97.2 cm³/mol. The van der Waals surface area contributed by atoms with Gasteiger partial charge < -0.3 is 5.32 Å². The van der Waals surface area contributed by atoms with Crippen LogP contribution in [0.2, 0.25) is 0 Å². The molecule has 0 spiro atoms. The van der Waals surface area contributed by atoms with Crippen LogP contribution in [0.1, 0.15) is 53.7 Å². The van der Waals surface area contributed by atoms with E-state index in [0.717, 1.165) is 39.8 Å². The molecule has 1 aromatic carbocycles. The van der Waals surface area contributed by atoms with Crippen LogP contribution >= 0.6 is 23.1 Å². The zero-order valence-corrected chi connectivity index (χ0v) is 15.0. The van der Waals surface area contributed by atoms with E-state index in [0.29, 0.717) is 6.04 Å². The number of nitrogens with one attached hydrogen (secondary N) is 1. The second-order valence-corrected chi connectivity index (χ2v) is 8.09. The van der Waals surface area contributed by atoms with Gasteiger partial charge in [-0.1, -0.05) is 49.2 Å². The number of hydrogen-bond donors (Lipinski definition) is 1. The zero-order valence-electron chi connectivity index (χ0n) is 13.4. The third-order valence-electron chi connectivity index (χ3n) is 4.15. The molecule has 23 heavy (non-hydrogen) atoms. The maximum Gasteiger partial charge on any atom is 0.251 e. The number of benzene rings is 1. The SMILES string of the molecule is Cc1csc(SCc2ccccc2C(=O)NC2CCCCC2)n1. The number of aryl methyl sites for hydroxylation is 1. The molecule has 0 atom stereocenters. The van der Waals surface area contributed by atoms with Gasteiger partial charge in [0.25, 0.3) is 5.91 Å². The number of carbonyl (C=O) groups excluding carboxylic acids is 1. The standard InChI is InChI=1S/C18H22N2OS2/c1-13-11-22-18(19-13)23-12-14-7-5-6-10-16(14)17(21)20-15-8-3-2-4-9-15/h5-7,10-11,15H,2-4,8-9,12H2,1H3,(H,20,21). The van der Waals surface area contributed by atoms with Gasteiger partial charge >= 0.3 is 0 Å². The molecule has 1 aliphatic carbocycles. The molecule has 2 aromatic rings. The minimum absolute atomic E-state index is 0.0726. The lowest BCUT2D eigenvalue weighted by Gasteiger charge is -2.23. The normalized spacial score (nSPS) is 15.5. The summed E-state index contributed by atoms with van der Waals surface area (Å²) in [4.78, 5) is 17.1. The number of hydrogen-bond acceptors (Lipinski definition) is 4. The van der Waals surface area contributed by atoms with Gasteiger partial charge in [0.1, 0.15) is 4.34 Å². The van der Waals surface area contributed by atoms with Crippen LogP contribution < -0.4 is 5.32 Å². The molecule has 1 N–H and O–H groups in total. The summed E-state index contributed by atoms with van der Waals surface area (Å²) < 4.78 is 1.06. The number of thioether (sulfide) groups is 1. The fourth-order valence-electron chi connectivity index (χ4n) is 2.92. The second kappa shape index (κ2) is 7.97. The summed E-state index contributed by atoms with van der Waals surface area (Å²) >= 11 is 3.36. The van der Waals surface area contributed by atoms with E-state index in [1.165, 1.54) is 19.3 Å². The second-order valence-electron chi connectivity index (χ2n) is 6.01. The first-order valence-corrected chi connectivity index (χ1v) is 10.0. The van der Waals surface area contributed by atoms with E-state index in [1.54, 1.807) is 23.1 Å². The van der Waals surface area contributed by atoms with Crippen molar-refractivity contribution in [2.24, 2.45) is 0 Å². The minimum Gasteiger partial charge on any atom is -0.349 e. The van der Waals surface area contributed by atoms with Crippen molar-refractivity contribution in [2.45, 2.75) is 55.2 Å². The highest BCUT2D eigenvalue weighted by atomic mass is 32.2. The van der Waals surface area contributed by atoms with Gasteiger partial charge in [0.15, 0.2) is 0 Å². The van der Waals surface area contributed by atoms with E-state index < -0.39 is 0 Å². The van der Waals surface area contributed by atoms with Crippen molar-refractivity contribution in [1.82, 2.24) is 10.3 Å². The van der Waals surface area contributed by atoms with Gasteiger partial charge in [-0.2, -0.15) is 0 Å². The lowest BCUT2D eigenvalue weighted by molar-refractivity contribution is 0.0927. The first kappa shape index (κ1) is 16.5. The molecule has 5 heteroatoms. The van der Waals surface area contributed by atoms with Gasteiger partial charge in [-0.3, -0.25) is 4.79 Å². The molecule has 1 heterocycles. The molecule has 0 radical (unpaired) electrons. The molecule has 1 aliphatic rings. The maximum absolute atomic E-state index is 12.6. The number of amides is 1. The zero-order chi connectivity index (χ0) is 16.1. The van der Waals surface area contributed by atoms with Crippen molar-refractivity contribution in [2.75, 3.05) is 0 Å². The summed E-state index contributed by atoms with van der Waals surface area (Å²) in [5.74, 6) is 0.852. The Balaban J connectivity index is 1.65. The lowest BCUT2D eigenvalue weighted by atomic mass is 9.95. The largest absolute Gasteiger partial charge is 0.349 e. The van der Waals surface area contributed by atoms with Crippen molar-refractivity contribution < 1.29 is 4.79 Å². The van der Waals surface area contributed by atoms with Gasteiger partial charge in [-0.15, -0.1) is 11.3 Å². The quantitative estimate of drug-likeness (QED) is 0.790. The molecule has 3 rings (SSSR count). The molecule has 0 bridgehead atoms. The van der Waals surface area contributed by atoms with Crippen LogP contribution in [0.3, 0.4) is 0 Å². The van der Waals surface area contributed by atoms with Crippen LogP contribution in [0.4, 0.5) is 0 Å². The monoisotopic (exact) mass is 346 g/mol. The predicted octanol–water partition coefficient (Wildman–Crippen LogP) is 4.81. The van der Waals surface area contributed by atoms with E-state index in [2.05, 4.69) is 15.7 Å². The van der Waals surface area contributed by atoms with Crippen molar-refractivity contribution in [1.29, 1.82) is 0 Å². The third-order valence-corrected chi connectivity index (χ3v) is 6.34. The number of thiazole rings is 1. The van der Waals surface area contributed by atoms with Gasteiger partial charge in [-0.25, -0.2) is 4.98 Å². The molecule has 0 saturated heterocycles. The van der Waals surface area contributed by atoms with Crippen LogP contribution in [0.25, 0.3) is 0 Å². The molecule has 1 saturated carbocycles. The maximum atomic E-state index is 12.6. The highest BCUT2D eigenvalue weighted by molar-refractivity contribution is 8.00. The Morgan fingerprint density at radius 3 is 2.83 bits per heavy atom. The Morgan fingerprint density at radius 2 is 2.09 bits per heavy atom. The minimum atomic E-state index is 0.0726. The molecule has 0 aliphatic heterocycles. The van der Waals surface area contributed by atoms with Crippen molar-refractivity contribution in [3.8, 4) is 0 Å². The van der Waals surface area contributed by atoms with E-state index >= 15 is 0 Å². The summed E-state index contributed by atoms with van der Waals surface area (Å²) in [5.41, 5.74) is 2.94. The van der Waals surface area contributed by atoms with Crippen molar-refractivity contribution in [3.63, 3.8) is 0 Å². The summed E-state index contributed by atoms with van der Waals surface area (Å²) in [5, 5.41) is 5.28. The fourth-order valence-corrected chi connectivity index (χ4v) is 4.77. The van der Waals surface area contributed by atoms with E-state index in [4.69, 9.17) is 0 Å². The van der Waals surface area contributed by atoms with E-state index in [9.17, 15) is 4.79 Å². The average molecular weight is 347 g/mol. The number of carbonyl (C=O) groups is 1. The Bertz CT molecular complexity index is 663. The summed E-state index contributed by atoms with van der Waals surface area (Å²) in [6.07, 6.45) is 5.98. The molecular formula is C18H22N2OS2. The molecular weight excluding hydrogens is 324 g/mol. The van der Waals surface area contributed by atoms with Crippen LogP contribution in [0.15, 0.2) is 34.0 Å². The Labute approximate surface area is 145 Å². The van der Waals surface area contributed by atoms with Crippen molar-refractivity contribution in [3.05, 3.63) is 46.5 Å². The van der Waals surface area contributed by atoms with Crippen LogP contribution in [-0.2, 0) is 5.75 Å². The number of rotatable bonds is 5. The van der Waals surface area contributed by atoms with Crippen LogP contribution in [-0.4, -0.2) is 16.9 Å². The van der Waals surface area contributed by atoms with E-state index in [-0.39, 0.29) is 5.91 Å². The van der Waals surface area contributed by atoms with Crippen molar-refractivity contribution >= 4 is 29.0 Å². The summed E-state index contributed by atoms with van der Waals surface area (Å²) in [6, 6.07) is 8.26. The lowest BCUT2D eigenvalue weighted by Crippen LogP contribution is -2.36. The first-order chi connectivity index (χ1) is 11.2. The highest BCUT2D eigenvalue weighted by Gasteiger charge is 2.18. The molecule has 1 fully saturated rings. The van der Waals surface area contributed by atoms with Crippen LogP contribution in [0.5, 0.6) is 0 Å². The molecule has 122 valence electrons. The molecule has 1 aromatic heterocycles. The van der Waals surface area contributed by atoms with Gasteiger partial charge in [0.2, 0.25) is 0 Å². The summed E-state index contributed by atoms with van der Waals surface area (Å²) in [7, 11) is 0. The van der Waals surface area contributed by atoms with Crippen LogP contribution in [0, 0.1) is 6.92 Å². The smallest absolute Gasteiger partial charge is 0.251 e. The van der Waals surface area contributed by atoms with Gasteiger partial charge in [-0.05, 0) is 31.4 Å². The fraction of sp³-hybridized carbons (Fsp3) is 0.444. The number of aromatic nitrogens is 1. The topological polar surface area (TPSA) is 42.0 Å². The Hall–Kier alpha value is -1.33. The highest BCUT2D eigenvalue weighted by Crippen LogP contribution is 2.27. The Morgan fingerprint density at radius 1 is 1.30 bits per heavy atom. The number of nitrogens with zero attached hydrogens (tertiary/aromatic N) is 1. The third kappa shape index (κ3) is 4.58. The van der Waals surface area contributed by atoms with Gasteiger partial charge in [0, 0.05) is 28.4 Å².